The number of halogens is 1. The van der Waals surface area contributed by atoms with E-state index in [1.54, 1.807) is 11.3 Å². The minimum Gasteiger partial charge on any atom is -0.467 e. The van der Waals surface area contributed by atoms with Crippen molar-refractivity contribution in [3.63, 3.8) is 0 Å². The van der Waals surface area contributed by atoms with Crippen molar-refractivity contribution in [1.82, 2.24) is 5.01 Å². The molecule has 0 unspecified atom stereocenters. The van der Waals surface area contributed by atoms with Crippen molar-refractivity contribution < 1.29 is 18.8 Å². The second kappa shape index (κ2) is 8.25. The second-order valence-electron chi connectivity index (χ2n) is 6.89. The van der Waals surface area contributed by atoms with Crippen molar-refractivity contribution in [3.05, 3.63) is 59.0 Å². The minimum absolute atomic E-state index is 0.0272. The summed E-state index contributed by atoms with van der Waals surface area (Å²) < 4.78 is 11.0. The maximum absolute atomic E-state index is 12.9. The van der Waals surface area contributed by atoms with Gasteiger partial charge in [-0.25, -0.2) is 5.01 Å². The van der Waals surface area contributed by atoms with E-state index in [0.29, 0.717) is 17.9 Å². The van der Waals surface area contributed by atoms with E-state index in [2.05, 4.69) is 5.10 Å². The number of nitrogens with one attached hydrogen (secondary N) is 1. The van der Waals surface area contributed by atoms with Crippen molar-refractivity contribution in [2.45, 2.75) is 18.9 Å². The van der Waals surface area contributed by atoms with Gasteiger partial charge in [0, 0.05) is 11.4 Å². The Morgan fingerprint density at radius 1 is 1.22 bits per heavy atom. The van der Waals surface area contributed by atoms with Crippen LogP contribution in [0.4, 0.5) is 0 Å². The predicted molar refractivity (Wildman–Crippen MR) is 102 cm³/mol. The molecule has 0 spiro atoms. The van der Waals surface area contributed by atoms with E-state index in [0.717, 1.165) is 49.9 Å². The number of ether oxygens (including phenoxy) is 1. The average molecular weight is 389 g/mol. The van der Waals surface area contributed by atoms with Crippen LogP contribution in [0.5, 0.6) is 0 Å². The van der Waals surface area contributed by atoms with Crippen molar-refractivity contribution in [2.75, 3.05) is 32.8 Å². The minimum atomic E-state index is -0.196. The number of nitrogens with zero attached hydrogens (tertiary/aromatic N) is 2. The van der Waals surface area contributed by atoms with Crippen LogP contribution in [0.1, 0.15) is 30.2 Å². The maximum Gasteiger partial charge on any atom is 0.249 e. The largest absolute Gasteiger partial charge is 0.467 e. The highest BCUT2D eigenvalue weighted by atomic mass is 35.5. The number of quaternary nitrogens is 1. The molecular weight excluding hydrogens is 366 g/mol. The van der Waals surface area contributed by atoms with Crippen LogP contribution in [0.15, 0.2) is 52.2 Å². The average Bonchev–Trinajstić information content (AvgIpc) is 3.37. The number of rotatable bonds is 5. The molecule has 1 atom stereocenters. The van der Waals surface area contributed by atoms with Gasteiger partial charge in [-0.15, -0.1) is 0 Å². The molecule has 7 heteroatoms. The Kier molecular flexibility index (Phi) is 5.57. The lowest BCUT2D eigenvalue weighted by Gasteiger charge is -2.25. The summed E-state index contributed by atoms with van der Waals surface area (Å²) in [7, 11) is 0. The monoisotopic (exact) mass is 388 g/mol. The number of hydrazone groups is 1. The van der Waals surface area contributed by atoms with Gasteiger partial charge in [-0.1, -0.05) is 23.7 Å². The van der Waals surface area contributed by atoms with Crippen LogP contribution in [0.3, 0.4) is 0 Å². The maximum atomic E-state index is 12.9. The summed E-state index contributed by atoms with van der Waals surface area (Å²) in [5.74, 6) is 0.786. The van der Waals surface area contributed by atoms with Crippen LogP contribution in [-0.4, -0.2) is 49.5 Å². The SMILES string of the molecule is O=C(CC[NH+]1CCOCC1)N1N=C(c2ccc(Cl)cc2)C[C@@H]1c1ccco1. The summed E-state index contributed by atoms with van der Waals surface area (Å²) in [4.78, 5) is 14.3. The van der Waals surface area contributed by atoms with E-state index in [4.69, 9.17) is 20.8 Å². The first-order valence-electron chi connectivity index (χ1n) is 9.31. The lowest BCUT2D eigenvalue weighted by Crippen LogP contribution is -3.14. The number of carbonyl (C=O) groups is 1. The summed E-state index contributed by atoms with van der Waals surface area (Å²) in [5.41, 5.74) is 1.85. The number of furan rings is 1. The molecule has 1 amide bonds. The Bertz CT molecular complexity index is 798. The molecule has 0 aliphatic carbocycles. The molecule has 1 aromatic carbocycles. The predicted octanol–water partition coefficient (Wildman–Crippen LogP) is 1.92. The number of carbonyl (C=O) groups excluding carboxylic acids is 1. The second-order valence-corrected chi connectivity index (χ2v) is 7.33. The van der Waals surface area contributed by atoms with Gasteiger partial charge < -0.3 is 14.1 Å². The highest BCUT2D eigenvalue weighted by Crippen LogP contribution is 2.33. The third kappa shape index (κ3) is 4.24. The summed E-state index contributed by atoms with van der Waals surface area (Å²) in [6.45, 7) is 4.24. The zero-order chi connectivity index (χ0) is 18.6. The van der Waals surface area contributed by atoms with Gasteiger partial charge in [-0.3, -0.25) is 4.79 Å². The van der Waals surface area contributed by atoms with Gasteiger partial charge in [-0.05, 0) is 29.8 Å². The molecule has 2 aliphatic heterocycles. The molecule has 1 aromatic heterocycles. The number of morpholine rings is 1. The van der Waals surface area contributed by atoms with Gasteiger partial charge in [0.05, 0.1) is 38.2 Å². The molecule has 1 fully saturated rings. The van der Waals surface area contributed by atoms with Crippen LogP contribution in [-0.2, 0) is 9.53 Å². The zero-order valence-electron chi connectivity index (χ0n) is 15.1. The molecule has 27 heavy (non-hydrogen) atoms. The first kappa shape index (κ1) is 18.2. The Morgan fingerprint density at radius 2 is 2.00 bits per heavy atom. The fourth-order valence-electron chi connectivity index (χ4n) is 3.57. The lowest BCUT2D eigenvalue weighted by molar-refractivity contribution is -0.907. The number of hydrogen-bond acceptors (Lipinski definition) is 4. The Hall–Kier alpha value is -2.15. The van der Waals surface area contributed by atoms with Crippen molar-refractivity contribution >= 4 is 23.2 Å². The van der Waals surface area contributed by atoms with Crippen molar-refractivity contribution in [1.29, 1.82) is 0 Å². The van der Waals surface area contributed by atoms with Gasteiger partial charge in [0.25, 0.3) is 0 Å². The number of benzene rings is 1. The van der Waals surface area contributed by atoms with Gasteiger partial charge in [0.2, 0.25) is 5.91 Å². The van der Waals surface area contributed by atoms with Crippen LogP contribution in [0, 0.1) is 0 Å². The molecule has 0 bridgehead atoms. The molecule has 0 saturated carbocycles. The molecular formula is C20H23ClN3O3+. The van der Waals surface area contributed by atoms with Crippen LogP contribution in [0.25, 0.3) is 0 Å². The first-order chi connectivity index (χ1) is 13.2. The van der Waals surface area contributed by atoms with Crippen molar-refractivity contribution in [3.8, 4) is 0 Å². The van der Waals surface area contributed by atoms with E-state index in [9.17, 15) is 4.79 Å². The van der Waals surface area contributed by atoms with E-state index in [-0.39, 0.29) is 11.9 Å². The zero-order valence-corrected chi connectivity index (χ0v) is 15.8. The molecule has 0 radical (unpaired) electrons. The molecule has 3 heterocycles. The van der Waals surface area contributed by atoms with Gasteiger partial charge in [0.1, 0.15) is 24.9 Å². The lowest BCUT2D eigenvalue weighted by atomic mass is 10.0. The molecule has 1 saturated heterocycles. The van der Waals surface area contributed by atoms with Crippen LogP contribution < -0.4 is 4.90 Å². The molecule has 4 rings (SSSR count). The molecule has 6 nitrogen and oxygen atoms in total. The van der Waals surface area contributed by atoms with Crippen LogP contribution in [0.2, 0.25) is 5.02 Å². The van der Waals surface area contributed by atoms with Crippen LogP contribution >= 0.6 is 11.6 Å². The quantitative estimate of drug-likeness (QED) is 0.851. The van der Waals surface area contributed by atoms with E-state index >= 15 is 0 Å². The van der Waals surface area contributed by atoms with Gasteiger partial charge in [0.15, 0.2) is 0 Å². The smallest absolute Gasteiger partial charge is 0.249 e. The molecule has 2 aromatic rings. The third-order valence-corrected chi connectivity index (χ3v) is 5.36. The van der Waals surface area contributed by atoms with Gasteiger partial charge in [-0.2, -0.15) is 5.10 Å². The molecule has 142 valence electrons. The number of hydrogen-bond donors (Lipinski definition) is 1. The topological polar surface area (TPSA) is 59.5 Å². The Balaban J connectivity index is 1.50. The van der Waals surface area contributed by atoms with E-state index < -0.39 is 0 Å². The molecule has 1 N–H and O–H groups in total. The molecule has 2 aliphatic rings. The summed E-state index contributed by atoms with van der Waals surface area (Å²) in [6.07, 6.45) is 2.73. The van der Waals surface area contributed by atoms with Crippen molar-refractivity contribution in [2.24, 2.45) is 5.10 Å². The summed E-state index contributed by atoms with van der Waals surface area (Å²) in [6, 6.07) is 11.1. The number of amides is 1. The fraction of sp³-hybridized carbons (Fsp3) is 0.400. The fourth-order valence-corrected chi connectivity index (χ4v) is 3.69. The summed E-state index contributed by atoms with van der Waals surface area (Å²) >= 11 is 5.99. The first-order valence-corrected chi connectivity index (χ1v) is 9.69. The van der Waals surface area contributed by atoms with Gasteiger partial charge >= 0.3 is 0 Å². The van der Waals surface area contributed by atoms with E-state index in [1.165, 1.54) is 4.90 Å². The summed E-state index contributed by atoms with van der Waals surface area (Å²) in [5, 5.41) is 6.93. The van der Waals surface area contributed by atoms with E-state index in [1.807, 2.05) is 36.4 Å². The Morgan fingerprint density at radius 3 is 2.70 bits per heavy atom. The normalized spacial score (nSPS) is 20.7. The Labute approximate surface area is 163 Å². The third-order valence-electron chi connectivity index (χ3n) is 5.11. The highest BCUT2D eigenvalue weighted by molar-refractivity contribution is 6.30. The standard InChI is InChI=1S/C20H22ClN3O3/c21-16-5-3-15(4-6-16)17-14-18(19-2-1-11-27-19)24(22-17)20(25)7-8-23-9-12-26-13-10-23/h1-6,11,18H,7-10,12-14H2/p+1/t18-/m1/s1. The highest BCUT2D eigenvalue weighted by Gasteiger charge is 2.35.